The molecule has 1 amide bonds. The van der Waals surface area contributed by atoms with Crippen LogP contribution in [0.5, 0.6) is 0 Å². The molecule has 2 N–H and O–H groups in total. The monoisotopic (exact) mass is 212 g/mol. The molecule has 2 rings (SSSR count). The molecule has 1 atom stereocenters. The summed E-state index contributed by atoms with van der Waals surface area (Å²) in [4.78, 5) is 13.7. The van der Waals surface area contributed by atoms with E-state index in [1.807, 2.05) is 4.90 Å². The Hall–Kier alpha value is -0.770. The van der Waals surface area contributed by atoms with Gasteiger partial charge in [-0.3, -0.25) is 0 Å². The van der Waals surface area contributed by atoms with E-state index >= 15 is 0 Å². The molecule has 0 aromatic heterocycles. The maximum absolute atomic E-state index is 11.7. The van der Waals surface area contributed by atoms with Gasteiger partial charge >= 0.3 is 6.09 Å². The van der Waals surface area contributed by atoms with E-state index < -0.39 is 0 Å². The smallest absolute Gasteiger partial charge is 0.410 e. The summed E-state index contributed by atoms with van der Waals surface area (Å²) < 4.78 is 5.13. The van der Waals surface area contributed by atoms with Crippen LogP contribution in [0.2, 0.25) is 0 Å². The van der Waals surface area contributed by atoms with E-state index in [1.165, 1.54) is 12.8 Å². The highest BCUT2D eigenvalue weighted by atomic mass is 16.6. The standard InChI is InChI=1S/C11H20N2O2/c12-7-5-10-6-8-15-11(14)13(10)9-3-1-2-4-9/h9-10H,1-8,12H2. The Morgan fingerprint density at radius 2 is 2.07 bits per heavy atom. The third-order valence-corrected chi connectivity index (χ3v) is 3.50. The van der Waals surface area contributed by atoms with E-state index in [9.17, 15) is 4.79 Å². The molecule has 0 bridgehead atoms. The summed E-state index contributed by atoms with van der Waals surface area (Å²) in [5.41, 5.74) is 5.59. The summed E-state index contributed by atoms with van der Waals surface area (Å²) in [6, 6.07) is 0.730. The van der Waals surface area contributed by atoms with Crippen molar-refractivity contribution in [1.29, 1.82) is 0 Å². The Balaban J connectivity index is 2.03. The van der Waals surface area contributed by atoms with Gasteiger partial charge in [-0.1, -0.05) is 12.8 Å². The lowest BCUT2D eigenvalue weighted by Gasteiger charge is -2.39. The highest BCUT2D eigenvalue weighted by molar-refractivity contribution is 5.69. The molecule has 1 saturated carbocycles. The van der Waals surface area contributed by atoms with Gasteiger partial charge in [-0.25, -0.2) is 4.79 Å². The van der Waals surface area contributed by atoms with Crippen LogP contribution in [0, 0.1) is 0 Å². The molecule has 4 heteroatoms. The molecular formula is C11H20N2O2. The Bertz CT molecular complexity index is 225. The zero-order valence-corrected chi connectivity index (χ0v) is 9.15. The predicted octanol–water partition coefficient (Wildman–Crippen LogP) is 1.49. The number of hydrogen-bond donors (Lipinski definition) is 1. The van der Waals surface area contributed by atoms with Gasteiger partial charge in [0, 0.05) is 18.5 Å². The quantitative estimate of drug-likeness (QED) is 0.771. The van der Waals surface area contributed by atoms with Crippen molar-refractivity contribution in [2.45, 2.75) is 50.6 Å². The van der Waals surface area contributed by atoms with Crippen LogP contribution in [-0.4, -0.2) is 36.2 Å². The molecule has 1 unspecified atom stereocenters. The lowest BCUT2D eigenvalue weighted by molar-refractivity contribution is 0.0232. The summed E-state index contributed by atoms with van der Waals surface area (Å²) in [6.45, 7) is 1.22. The fraction of sp³-hybridized carbons (Fsp3) is 0.909. The van der Waals surface area contributed by atoms with Gasteiger partial charge in [0.05, 0.1) is 6.61 Å². The number of nitrogens with zero attached hydrogens (tertiary/aromatic N) is 1. The van der Waals surface area contributed by atoms with Crippen molar-refractivity contribution in [1.82, 2.24) is 4.90 Å². The van der Waals surface area contributed by atoms with Gasteiger partial charge in [0.1, 0.15) is 0 Å². The van der Waals surface area contributed by atoms with Crippen LogP contribution >= 0.6 is 0 Å². The van der Waals surface area contributed by atoms with Crippen molar-refractivity contribution >= 4 is 6.09 Å². The number of hydrogen-bond acceptors (Lipinski definition) is 3. The van der Waals surface area contributed by atoms with Crippen molar-refractivity contribution in [3.05, 3.63) is 0 Å². The van der Waals surface area contributed by atoms with Gasteiger partial charge in [-0.15, -0.1) is 0 Å². The van der Waals surface area contributed by atoms with Crippen LogP contribution in [0.3, 0.4) is 0 Å². The highest BCUT2D eigenvalue weighted by Gasteiger charge is 2.35. The molecule has 0 aromatic carbocycles. The van der Waals surface area contributed by atoms with Crippen LogP contribution in [0.1, 0.15) is 38.5 Å². The Morgan fingerprint density at radius 3 is 2.73 bits per heavy atom. The summed E-state index contributed by atoms with van der Waals surface area (Å²) in [6.07, 6.45) is 6.48. The normalized spacial score (nSPS) is 28.2. The maximum Gasteiger partial charge on any atom is 0.410 e. The summed E-state index contributed by atoms with van der Waals surface area (Å²) in [7, 11) is 0. The molecule has 86 valence electrons. The summed E-state index contributed by atoms with van der Waals surface area (Å²) in [5, 5.41) is 0. The van der Waals surface area contributed by atoms with Gasteiger partial charge in [0.25, 0.3) is 0 Å². The molecule has 1 saturated heterocycles. The molecule has 0 aromatic rings. The second kappa shape index (κ2) is 4.84. The van der Waals surface area contributed by atoms with Crippen LogP contribution in [0.25, 0.3) is 0 Å². The van der Waals surface area contributed by atoms with E-state index in [-0.39, 0.29) is 6.09 Å². The molecule has 0 spiro atoms. The van der Waals surface area contributed by atoms with Gasteiger partial charge < -0.3 is 15.4 Å². The highest BCUT2D eigenvalue weighted by Crippen LogP contribution is 2.29. The lowest BCUT2D eigenvalue weighted by Crippen LogP contribution is -2.51. The van der Waals surface area contributed by atoms with Crippen LogP contribution < -0.4 is 5.73 Å². The second-order valence-electron chi connectivity index (χ2n) is 4.48. The van der Waals surface area contributed by atoms with Crippen LogP contribution in [-0.2, 0) is 4.74 Å². The van der Waals surface area contributed by atoms with Crippen molar-refractivity contribution in [2.75, 3.05) is 13.2 Å². The van der Waals surface area contributed by atoms with Crippen LogP contribution in [0.4, 0.5) is 4.79 Å². The minimum Gasteiger partial charge on any atom is -0.449 e. The first-order chi connectivity index (χ1) is 7.33. The number of carbonyl (C=O) groups excluding carboxylic acids is 1. The first-order valence-electron chi connectivity index (χ1n) is 5.98. The topological polar surface area (TPSA) is 55.6 Å². The largest absolute Gasteiger partial charge is 0.449 e. The molecule has 2 aliphatic rings. The van der Waals surface area contributed by atoms with Crippen molar-refractivity contribution in [3.63, 3.8) is 0 Å². The first kappa shape index (κ1) is 10.7. The van der Waals surface area contributed by atoms with E-state index in [2.05, 4.69) is 0 Å². The summed E-state index contributed by atoms with van der Waals surface area (Å²) >= 11 is 0. The number of carbonyl (C=O) groups is 1. The fourth-order valence-corrected chi connectivity index (χ4v) is 2.75. The predicted molar refractivity (Wildman–Crippen MR) is 57.5 cm³/mol. The molecular weight excluding hydrogens is 192 g/mol. The minimum atomic E-state index is -0.119. The van der Waals surface area contributed by atoms with E-state index in [0.29, 0.717) is 25.2 Å². The van der Waals surface area contributed by atoms with Crippen LogP contribution in [0.15, 0.2) is 0 Å². The minimum absolute atomic E-state index is 0.119. The molecule has 2 fully saturated rings. The first-order valence-corrected chi connectivity index (χ1v) is 5.98. The fourth-order valence-electron chi connectivity index (χ4n) is 2.75. The summed E-state index contributed by atoms with van der Waals surface area (Å²) in [5.74, 6) is 0. The average Bonchev–Trinajstić information content (AvgIpc) is 2.71. The van der Waals surface area contributed by atoms with Crippen molar-refractivity contribution < 1.29 is 9.53 Å². The number of ether oxygens (including phenoxy) is 1. The molecule has 4 nitrogen and oxygen atoms in total. The molecule has 0 radical (unpaired) electrons. The SMILES string of the molecule is NCCC1CCOC(=O)N1C1CCCC1. The van der Waals surface area contributed by atoms with Gasteiger partial charge in [-0.05, 0) is 25.8 Å². The third kappa shape index (κ3) is 2.25. The molecule has 15 heavy (non-hydrogen) atoms. The zero-order valence-electron chi connectivity index (χ0n) is 9.15. The zero-order chi connectivity index (χ0) is 10.7. The van der Waals surface area contributed by atoms with E-state index in [1.54, 1.807) is 0 Å². The van der Waals surface area contributed by atoms with Crippen molar-refractivity contribution in [3.8, 4) is 0 Å². The third-order valence-electron chi connectivity index (χ3n) is 3.50. The van der Waals surface area contributed by atoms with Gasteiger partial charge in [0.2, 0.25) is 0 Å². The number of rotatable bonds is 3. The van der Waals surface area contributed by atoms with E-state index in [0.717, 1.165) is 25.7 Å². The van der Waals surface area contributed by atoms with Gasteiger partial charge in [-0.2, -0.15) is 0 Å². The molecule has 1 aliphatic heterocycles. The average molecular weight is 212 g/mol. The molecule has 1 aliphatic carbocycles. The lowest BCUT2D eigenvalue weighted by atomic mass is 10.0. The van der Waals surface area contributed by atoms with Gasteiger partial charge in [0.15, 0.2) is 0 Å². The Morgan fingerprint density at radius 1 is 1.33 bits per heavy atom. The number of amides is 1. The number of cyclic esters (lactones) is 1. The van der Waals surface area contributed by atoms with Crippen molar-refractivity contribution in [2.24, 2.45) is 5.73 Å². The molecule has 1 heterocycles. The van der Waals surface area contributed by atoms with E-state index in [4.69, 9.17) is 10.5 Å². The Labute approximate surface area is 90.8 Å². The number of nitrogens with two attached hydrogens (primary N) is 1. The Kier molecular flexibility index (Phi) is 3.46. The maximum atomic E-state index is 11.7. The second-order valence-corrected chi connectivity index (χ2v) is 4.48.